The van der Waals surface area contributed by atoms with Gasteiger partial charge >= 0.3 is 0 Å². The lowest BCUT2D eigenvalue weighted by atomic mass is 9.92. The number of nitrogens with zero attached hydrogens (tertiary/aromatic N) is 3. The molecule has 2 aromatic rings. The highest BCUT2D eigenvalue weighted by molar-refractivity contribution is 8.03. The van der Waals surface area contributed by atoms with Gasteiger partial charge in [0.2, 0.25) is 0 Å². The van der Waals surface area contributed by atoms with Crippen LogP contribution in [-0.4, -0.2) is 34.1 Å². The summed E-state index contributed by atoms with van der Waals surface area (Å²) in [5, 5.41) is 26.5. The van der Waals surface area contributed by atoms with E-state index in [1.807, 2.05) is 18.2 Å². The van der Waals surface area contributed by atoms with E-state index in [-0.39, 0.29) is 23.5 Å². The summed E-state index contributed by atoms with van der Waals surface area (Å²) in [7, 11) is 0. The van der Waals surface area contributed by atoms with E-state index in [2.05, 4.69) is 32.8 Å². The first-order valence-electron chi connectivity index (χ1n) is 8.79. The summed E-state index contributed by atoms with van der Waals surface area (Å²) >= 11 is 1.66. The van der Waals surface area contributed by atoms with Crippen LogP contribution in [0.2, 0.25) is 0 Å². The molecule has 0 unspecified atom stereocenters. The van der Waals surface area contributed by atoms with Crippen molar-refractivity contribution < 1.29 is 10.0 Å². The molecule has 8 heteroatoms. The van der Waals surface area contributed by atoms with Crippen LogP contribution >= 0.6 is 11.8 Å². The largest absolute Gasteiger partial charge is 0.386 e. The van der Waals surface area contributed by atoms with Gasteiger partial charge in [0, 0.05) is 12.1 Å². The number of aliphatic hydroxyl groups excluding tert-OH is 1. The molecule has 2 aromatic carbocycles. The summed E-state index contributed by atoms with van der Waals surface area (Å²) in [6.07, 6.45) is 0.804. The molecular formula is C20H18N4O3S. The SMILES string of the molecule is O=[N+]([O-])c1ccc([C@H](O)CN=C2NC=N[C@@H]3SC=C(c4ccccc4)[C@H]23)cc1. The molecule has 0 saturated carbocycles. The first-order valence-corrected chi connectivity index (χ1v) is 9.73. The number of hydrogen-bond acceptors (Lipinski definition) is 6. The van der Waals surface area contributed by atoms with Gasteiger partial charge in [0.1, 0.15) is 11.2 Å². The molecule has 0 spiro atoms. The number of rotatable bonds is 5. The number of amidine groups is 1. The fraction of sp³-hybridized carbons (Fsp3) is 0.200. The third-order valence-corrected chi connectivity index (χ3v) is 5.78. The summed E-state index contributed by atoms with van der Waals surface area (Å²) in [4.78, 5) is 19.4. The summed E-state index contributed by atoms with van der Waals surface area (Å²) in [6, 6.07) is 16.0. The highest BCUT2D eigenvalue weighted by Gasteiger charge is 2.36. The van der Waals surface area contributed by atoms with Crippen molar-refractivity contribution in [1.82, 2.24) is 5.32 Å². The van der Waals surface area contributed by atoms with E-state index >= 15 is 0 Å². The number of fused-ring (bicyclic) bond motifs is 1. The molecule has 0 aliphatic carbocycles. The Bertz CT molecular complexity index is 957. The van der Waals surface area contributed by atoms with Crippen LogP contribution in [0.25, 0.3) is 5.57 Å². The summed E-state index contributed by atoms with van der Waals surface area (Å²) < 4.78 is 0. The van der Waals surface area contributed by atoms with E-state index in [4.69, 9.17) is 0 Å². The second kappa shape index (κ2) is 7.95. The molecule has 2 N–H and O–H groups in total. The number of nitro benzene ring substituents is 1. The van der Waals surface area contributed by atoms with Crippen LogP contribution < -0.4 is 5.32 Å². The highest BCUT2D eigenvalue weighted by atomic mass is 32.2. The molecule has 7 nitrogen and oxygen atoms in total. The van der Waals surface area contributed by atoms with E-state index in [0.717, 1.165) is 17.0 Å². The van der Waals surface area contributed by atoms with Crippen molar-refractivity contribution in [2.24, 2.45) is 15.9 Å². The predicted octanol–water partition coefficient (Wildman–Crippen LogP) is 3.39. The quantitative estimate of drug-likeness (QED) is 0.598. The zero-order chi connectivity index (χ0) is 19.5. The Balaban J connectivity index is 1.52. The zero-order valence-corrected chi connectivity index (χ0v) is 15.6. The third-order valence-electron chi connectivity index (χ3n) is 4.71. The number of aliphatic hydroxyl groups is 1. The summed E-state index contributed by atoms with van der Waals surface area (Å²) in [5.74, 6) is 0.766. The van der Waals surface area contributed by atoms with Gasteiger partial charge in [-0.1, -0.05) is 30.3 Å². The average Bonchev–Trinajstić information content (AvgIpc) is 3.17. The molecule has 0 radical (unpaired) electrons. The standard InChI is InChI=1S/C20H18N4O3S/c25-17(14-6-8-15(9-7-14)24(26)27)10-21-19-18-16(13-4-2-1-3-5-13)11-28-20(18)23-12-22-19/h1-9,11-12,17-18,20,25H,10H2,(H,21,22,23)/t17-,18-,20-/m1/s1. The molecule has 2 aliphatic rings. The van der Waals surface area contributed by atoms with Crippen LogP contribution in [0.5, 0.6) is 0 Å². The minimum absolute atomic E-state index is 0.00135. The Kier molecular flexibility index (Phi) is 5.23. The Morgan fingerprint density at radius 3 is 2.68 bits per heavy atom. The minimum atomic E-state index is -0.842. The monoisotopic (exact) mass is 394 g/mol. The second-order valence-electron chi connectivity index (χ2n) is 6.46. The molecule has 28 heavy (non-hydrogen) atoms. The number of benzene rings is 2. The molecular weight excluding hydrogens is 376 g/mol. The maximum absolute atomic E-state index is 10.8. The zero-order valence-electron chi connectivity index (χ0n) is 14.8. The summed E-state index contributed by atoms with van der Waals surface area (Å²) in [5.41, 5.74) is 2.88. The van der Waals surface area contributed by atoms with Crippen molar-refractivity contribution in [2.75, 3.05) is 6.54 Å². The Hall–Kier alpha value is -2.97. The van der Waals surface area contributed by atoms with Crippen LogP contribution in [0.3, 0.4) is 0 Å². The number of nitrogens with one attached hydrogen (secondary N) is 1. The van der Waals surface area contributed by atoms with E-state index in [1.54, 1.807) is 30.2 Å². The van der Waals surface area contributed by atoms with Gasteiger partial charge in [-0.25, -0.2) is 0 Å². The lowest BCUT2D eigenvalue weighted by Gasteiger charge is -2.25. The van der Waals surface area contributed by atoms with Gasteiger partial charge in [-0.05, 0) is 34.2 Å². The Morgan fingerprint density at radius 2 is 1.96 bits per heavy atom. The number of thioether (sulfide) groups is 1. The summed E-state index contributed by atoms with van der Waals surface area (Å²) in [6.45, 7) is 0.157. The maximum atomic E-state index is 10.8. The van der Waals surface area contributed by atoms with Gasteiger partial charge in [0.25, 0.3) is 5.69 Å². The van der Waals surface area contributed by atoms with Crippen molar-refractivity contribution in [3.05, 3.63) is 81.2 Å². The lowest BCUT2D eigenvalue weighted by molar-refractivity contribution is -0.384. The molecule has 3 atom stereocenters. The van der Waals surface area contributed by atoms with Gasteiger partial charge in [0.15, 0.2) is 0 Å². The van der Waals surface area contributed by atoms with Gasteiger partial charge in [-0.2, -0.15) is 0 Å². The van der Waals surface area contributed by atoms with E-state index in [9.17, 15) is 15.2 Å². The first kappa shape index (κ1) is 18.4. The van der Waals surface area contributed by atoms with Crippen LogP contribution in [0, 0.1) is 16.0 Å². The van der Waals surface area contributed by atoms with Crippen molar-refractivity contribution in [2.45, 2.75) is 11.5 Å². The molecule has 0 amide bonds. The Labute approximate surface area is 166 Å². The van der Waals surface area contributed by atoms with E-state index in [1.165, 1.54) is 12.1 Å². The van der Waals surface area contributed by atoms with Gasteiger partial charge in [-0.3, -0.25) is 20.1 Å². The van der Waals surface area contributed by atoms with Crippen molar-refractivity contribution >= 4 is 35.2 Å². The number of nitro groups is 1. The molecule has 2 heterocycles. The lowest BCUT2D eigenvalue weighted by Crippen LogP contribution is -2.39. The topological polar surface area (TPSA) is 100 Å². The molecule has 2 aliphatic heterocycles. The van der Waals surface area contributed by atoms with Gasteiger partial charge < -0.3 is 10.4 Å². The average molecular weight is 394 g/mol. The maximum Gasteiger partial charge on any atom is 0.269 e. The predicted molar refractivity (Wildman–Crippen MR) is 111 cm³/mol. The van der Waals surface area contributed by atoms with Crippen LogP contribution in [-0.2, 0) is 0 Å². The fourth-order valence-corrected chi connectivity index (χ4v) is 4.38. The first-order chi connectivity index (χ1) is 13.6. The van der Waals surface area contributed by atoms with Crippen molar-refractivity contribution in [3.8, 4) is 0 Å². The van der Waals surface area contributed by atoms with Crippen LogP contribution in [0.4, 0.5) is 5.69 Å². The molecule has 0 saturated heterocycles. The van der Waals surface area contributed by atoms with E-state index in [0.29, 0.717) is 5.56 Å². The number of non-ortho nitro benzene ring substituents is 1. The number of hydrogen-bond donors (Lipinski definition) is 2. The van der Waals surface area contributed by atoms with Crippen LogP contribution in [0.15, 0.2) is 70.0 Å². The minimum Gasteiger partial charge on any atom is -0.386 e. The molecule has 0 aromatic heterocycles. The molecule has 0 bridgehead atoms. The Morgan fingerprint density at radius 1 is 1.21 bits per heavy atom. The van der Waals surface area contributed by atoms with E-state index < -0.39 is 11.0 Å². The fourth-order valence-electron chi connectivity index (χ4n) is 3.25. The van der Waals surface area contributed by atoms with Crippen LogP contribution in [0.1, 0.15) is 17.2 Å². The normalized spacial score (nSPS) is 23.0. The third kappa shape index (κ3) is 3.69. The molecule has 4 rings (SSSR count). The smallest absolute Gasteiger partial charge is 0.269 e. The highest BCUT2D eigenvalue weighted by Crippen LogP contribution is 2.43. The van der Waals surface area contributed by atoms with Gasteiger partial charge in [0.05, 0.1) is 29.8 Å². The molecule has 142 valence electrons. The number of aliphatic imine (C=N–C) groups is 2. The van der Waals surface area contributed by atoms with Crippen molar-refractivity contribution in [3.63, 3.8) is 0 Å². The van der Waals surface area contributed by atoms with Gasteiger partial charge in [-0.15, -0.1) is 11.8 Å². The van der Waals surface area contributed by atoms with Crippen molar-refractivity contribution in [1.29, 1.82) is 0 Å². The second-order valence-corrected chi connectivity index (χ2v) is 7.45. The molecule has 0 fully saturated rings.